The molecule has 0 radical (unpaired) electrons. The molecule has 0 aliphatic heterocycles. The topological polar surface area (TPSA) is 90.0 Å². The molecule has 2 aromatic carbocycles. The van der Waals surface area contributed by atoms with Gasteiger partial charge in [-0.05, 0) is 42.7 Å². The normalized spacial score (nSPS) is 12.5. The summed E-state index contributed by atoms with van der Waals surface area (Å²) in [6.45, 7) is 5.16. The lowest BCUT2D eigenvalue weighted by molar-refractivity contribution is -0.139. The van der Waals surface area contributed by atoms with Crippen LogP contribution >= 0.6 is 11.6 Å². The molecule has 0 bridgehead atoms. The average Bonchev–Trinajstić information content (AvgIpc) is 2.79. The molecule has 11 heteroatoms. The maximum atomic E-state index is 14.6. The van der Waals surface area contributed by atoms with Crippen molar-refractivity contribution in [2.24, 2.45) is 5.92 Å². The number of amides is 2. The van der Waals surface area contributed by atoms with Gasteiger partial charge < -0.3 is 10.2 Å². The van der Waals surface area contributed by atoms with Crippen LogP contribution in [-0.4, -0.2) is 62.7 Å². The summed E-state index contributed by atoms with van der Waals surface area (Å²) in [5, 5.41) is 3.25. The standard InChI is InChI=1S/C24H32ClFN4O4S/c1-17(2)14-27-24(32)18(3)29(15-19-9-8-10-20(25)13-19)23(31)16-30(35(33,34)28(4)5)22-12-7-6-11-21(22)26/h6-13,17-18H,14-16H2,1-5H3,(H,27,32). The summed E-state index contributed by atoms with van der Waals surface area (Å²) < 4.78 is 42.3. The Hall–Kier alpha value is -2.69. The Morgan fingerprint density at radius 2 is 1.71 bits per heavy atom. The first-order valence-corrected chi connectivity index (χ1v) is 12.9. The Labute approximate surface area is 211 Å². The highest BCUT2D eigenvalue weighted by Gasteiger charge is 2.33. The van der Waals surface area contributed by atoms with E-state index in [2.05, 4.69) is 5.32 Å². The highest BCUT2D eigenvalue weighted by atomic mass is 35.5. The lowest BCUT2D eigenvalue weighted by Gasteiger charge is -2.33. The van der Waals surface area contributed by atoms with Crippen molar-refractivity contribution in [2.45, 2.75) is 33.4 Å². The fourth-order valence-corrected chi connectivity index (χ4v) is 4.50. The number of carbonyl (C=O) groups is 2. The highest BCUT2D eigenvalue weighted by Crippen LogP contribution is 2.24. The van der Waals surface area contributed by atoms with Gasteiger partial charge in [-0.2, -0.15) is 12.7 Å². The van der Waals surface area contributed by atoms with Crippen LogP contribution in [0.25, 0.3) is 0 Å². The first kappa shape index (κ1) is 28.5. The van der Waals surface area contributed by atoms with Gasteiger partial charge in [0.2, 0.25) is 11.8 Å². The van der Waals surface area contributed by atoms with E-state index in [1.165, 1.54) is 37.2 Å². The monoisotopic (exact) mass is 526 g/mol. The largest absolute Gasteiger partial charge is 0.354 e. The molecule has 0 heterocycles. The molecular formula is C24H32ClFN4O4S. The number of hydrogen-bond acceptors (Lipinski definition) is 4. The van der Waals surface area contributed by atoms with E-state index in [1.54, 1.807) is 31.2 Å². The van der Waals surface area contributed by atoms with Crippen molar-refractivity contribution in [3.63, 3.8) is 0 Å². The fraction of sp³-hybridized carbons (Fsp3) is 0.417. The van der Waals surface area contributed by atoms with Gasteiger partial charge in [0.15, 0.2) is 0 Å². The zero-order valence-corrected chi connectivity index (χ0v) is 22.1. The van der Waals surface area contributed by atoms with Crippen LogP contribution in [0.4, 0.5) is 10.1 Å². The molecule has 0 aliphatic rings. The molecule has 0 spiro atoms. The number of nitrogens with one attached hydrogen (secondary N) is 1. The molecule has 0 saturated heterocycles. The Kier molecular flexibility index (Phi) is 10.1. The van der Waals surface area contributed by atoms with Crippen LogP contribution in [0.3, 0.4) is 0 Å². The van der Waals surface area contributed by atoms with Crippen LogP contribution in [0.15, 0.2) is 48.5 Å². The summed E-state index contributed by atoms with van der Waals surface area (Å²) in [5.74, 6) is -1.66. The minimum Gasteiger partial charge on any atom is -0.354 e. The first-order valence-electron chi connectivity index (χ1n) is 11.1. The lowest BCUT2D eigenvalue weighted by Crippen LogP contribution is -2.52. The summed E-state index contributed by atoms with van der Waals surface area (Å²) in [7, 11) is -1.65. The number of anilines is 1. The highest BCUT2D eigenvalue weighted by molar-refractivity contribution is 7.90. The Bertz CT molecular complexity index is 1140. The Balaban J connectivity index is 2.45. The molecule has 2 rings (SSSR count). The number of hydrogen-bond donors (Lipinski definition) is 1. The molecule has 0 saturated carbocycles. The van der Waals surface area contributed by atoms with Crippen LogP contribution in [0.2, 0.25) is 5.02 Å². The Morgan fingerprint density at radius 3 is 2.29 bits per heavy atom. The molecule has 0 aromatic heterocycles. The van der Waals surface area contributed by atoms with Gasteiger partial charge in [0.25, 0.3) is 0 Å². The van der Waals surface area contributed by atoms with Gasteiger partial charge in [0, 0.05) is 32.2 Å². The first-order chi connectivity index (χ1) is 16.3. The van der Waals surface area contributed by atoms with Crippen molar-refractivity contribution in [3.05, 3.63) is 64.9 Å². The van der Waals surface area contributed by atoms with Gasteiger partial charge in [-0.25, -0.2) is 8.70 Å². The van der Waals surface area contributed by atoms with E-state index in [-0.39, 0.29) is 24.1 Å². The van der Waals surface area contributed by atoms with Crippen LogP contribution in [0.5, 0.6) is 0 Å². The second kappa shape index (κ2) is 12.3. The van der Waals surface area contributed by atoms with E-state index in [0.717, 1.165) is 10.4 Å². The minimum atomic E-state index is -4.23. The van der Waals surface area contributed by atoms with E-state index in [9.17, 15) is 22.4 Å². The number of halogens is 2. The second-order valence-electron chi connectivity index (χ2n) is 8.71. The number of carbonyl (C=O) groups excluding carboxylic acids is 2. The van der Waals surface area contributed by atoms with Crippen molar-refractivity contribution < 1.29 is 22.4 Å². The van der Waals surface area contributed by atoms with Crippen LogP contribution < -0.4 is 9.62 Å². The summed E-state index contributed by atoms with van der Waals surface area (Å²) in [6, 6.07) is 11.2. The van der Waals surface area contributed by atoms with Crippen LogP contribution in [0.1, 0.15) is 26.3 Å². The van der Waals surface area contributed by atoms with Gasteiger partial charge >= 0.3 is 10.2 Å². The van der Waals surface area contributed by atoms with Gasteiger partial charge in [-0.1, -0.05) is 49.7 Å². The van der Waals surface area contributed by atoms with E-state index in [0.29, 0.717) is 21.4 Å². The summed E-state index contributed by atoms with van der Waals surface area (Å²) in [6.07, 6.45) is 0. The zero-order chi connectivity index (χ0) is 26.3. The number of nitrogens with zero attached hydrogens (tertiary/aromatic N) is 3. The molecule has 192 valence electrons. The van der Waals surface area contributed by atoms with Crippen LogP contribution in [-0.2, 0) is 26.3 Å². The quantitative estimate of drug-likeness (QED) is 0.486. The van der Waals surface area contributed by atoms with Crippen molar-refractivity contribution in [1.82, 2.24) is 14.5 Å². The molecular weight excluding hydrogens is 495 g/mol. The molecule has 35 heavy (non-hydrogen) atoms. The maximum absolute atomic E-state index is 14.6. The predicted molar refractivity (Wildman–Crippen MR) is 136 cm³/mol. The molecule has 8 nitrogen and oxygen atoms in total. The maximum Gasteiger partial charge on any atom is 0.304 e. The molecule has 1 N–H and O–H groups in total. The molecule has 0 aliphatic carbocycles. The third-order valence-electron chi connectivity index (χ3n) is 5.23. The molecule has 2 aromatic rings. The van der Waals surface area contributed by atoms with Gasteiger partial charge in [-0.3, -0.25) is 9.59 Å². The van der Waals surface area contributed by atoms with E-state index in [1.807, 2.05) is 13.8 Å². The molecule has 0 fully saturated rings. The fourth-order valence-electron chi connectivity index (χ4n) is 3.22. The van der Waals surface area contributed by atoms with Gasteiger partial charge in [0.05, 0.1) is 5.69 Å². The number of benzene rings is 2. The van der Waals surface area contributed by atoms with Crippen molar-refractivity contribution in [1.29, 1.82) is 0 Å². The van der Waals surface area contributed by atoms with Crippen molar-refractivity contribution >= 4 is 39.3 Å². The smallest absolute Gasteiger partial charge is 0.304 e. The minimum absolute atomic E-state index is 0.00276. The third-order valence-corrected chi connectivity index (χ3v) is 7.27. The van der Waals surface area contributed by atoms with Crippen molar-refractivity contribution in [3.8, 4) is 0 Å². The van der Waals surface area contributed by atoms with E-state index in [4.69, 9.17) is 11.6 Å². The van der Waals surface area contributed by atoms with Gasteiger partial charge in [-0.15, -0.1) is 0 Å². The zero-order valence-electron chi connectivity index (χ0n) is 20.5. The van der Waals surface area contributed by atoms with Crippen molar-refractivity contribution in [2.75, 3.05) is 31.5 Å². The number of para-hydroxylation sites is 1. The second-order valence-corrected chi connectivity index (χ2v) is 11.2. The molecule has 1 unspecified atom stereocenters. The van der Waals surface area contributed by atoms with Crippen LogP contribution in [0, 0.1) is 11.7 Å². The van der Waals surface area contributed by atoms with Gasteiger partial charge in [0.1, 0.15) is 18.4 Å². The molecule has 1 atom stereocenters. The third kappa shape index (κ3) is 7.65. The SMILES string of the molecule is CC(C)CNC(=O)C(C)N(Cc1cccc(Cl)c1)C(=O)CN(c1ccccc1F)S(=O)(=O)N(C)C. The number of rotatable bonds is 11. The Morgan fingerprint density at radius 1 is 1.06 bits per heavy atom. The van der Waals surface area contributed by atoms with E-state index >= 15 is 0 Å². The average molecular weight is 527 g/mol. The molecule has 2 amide bonds. The van der Waals surface area contributed by atoms with E-state index < -0.39 is 34.5 Å². The summed E-state index contributed by atoms with van der Waals surface area (Å²) in [5.41, 5.74) is 0.386. The summed E-state index contributed by atoms with van der Waals surface area (Å²) in [4.78, 5) is 27.6. The lowest BCUT2D eigenvalue weighted by atomic mass is 10.1. The predicted octanol–water partition coefficient (Wildman–Crippen LogP) is 3.28. The summed E-state index contributed by atoms with van der Waals surface area (Å²) >= 11 is 6.09.